The minimum Gasteiger partial charge on any atom is -0.464 e. The molecule has 0 aromatic carbocycles. The second-order valence-electron chi connectivity index (χ2n) is 4.70. The zero-order valence-electron chi connectivity index (χ0n) is 11.3. The number of hydrogen-bond donors (Lipinski definition) is 0. The van der Waals surface area contributed by atoms with E-state index in [1.807, 2.05) is 25.1 Å². The fourth-order valence-electron chi connectivity index (χ4n) is 2.40. The standard InChI is InChI=1S/C15H15N3O2/c1-11-9-12(14-3-2-6-20-14)13(10-16)15(17-11)18-4-7-19-8-5-18/h2-3,6,9H,4-5,7-8H2,1H3. The molecule has 0 atom stereocenters. The highest BCUT2D eigenvalue weighted by Gasteiger charge is 2.21. The molecule has 0 aliphatic carbocycles. The van der Waals surface area contributed by atoms with Gasteiger partial charge in [0.1, 0.15) is 23.2 Å². The Morgan fingerprint density at radius 2 is 2.15 bits per heavy atom. The summed E-state index contributed by atoms with van der Waals surface area (Å²) in [4.78, 5) is 6.64. The first-order valence-electron chi connectivity index (χ1n) is 6.58. The Morgan fingerprint density at radius 3 is 2.80 bits per heavy atom. The SMILES string of the molecule is Cc1cc(-c2ccco2)c(C#N)c(N2CCOCC2)n1. The van der Waals surface area contributed by atoms with Crippen LogP contribution in [0.2, 0.25) is 0 Å². The number of pyridine rings is 1. The van der Waals surface area contributed by atoms with Crippen LogP contribution in [0.25, 0.3) is 11.3 Å². The van der Waals surface area contributed by atoms with Crippen molar-refractivity contribution in [2.24, 2.45) is 0 Å². The molecule has 1 aliphatic rings. The van der Waals surface area contributed by atoms with Gasteiger partial charge in [0, 0.05) is 24.3 Å². The van der Waals surface area contributed by atoms with E-state index in [4.69, 9.17) is 9.15 Å². The first kappa shape index (κ1) is 12.7. The van der Waals surface area contributed by atoms with E-state index >= 15 is 0 Å². The van der Waals surface area contributed by atoms with Gasteiger partial charge in [-0.3, -0.25) is 0 Å². The fourth-order valence-corrected chi connectivity index (χ4v) is 2.40. The van der Waals surface area contributed by atoms with Crippen LogP contribution in [0.1, 0.15) is 11.3 Å². The van der Waals surface area contributed by atoms with Crippen molar-refractivity contribution < 1.29 is 9.15 Å². The van der Waals surface area contributed by atoms with Crippen LogP contribution < -0.4 is 4.90 Å². The van der Waals surface area contributed by atoms with Crippen molar-refractivity contribution in [3.63, 3.8) is 0 Å². The molecule has 2 aromatic rings. The van der Waals surface area contributed by atoms with Gasteiger partial charge in [0.25, 0.3) is 0 Å². The Hall–Kier alpha value is -2.32. The maximum atomic E-state index is 9.53. The highest BCUT2D eigenvalue weighted by Crippen LogP contribution is 2.31. The molecular weight excluding hydrogens is 254 g/mol. The molecule has 1 fully saturated rings. The van der Waals surface area contributed by atoms with Crippen LogP contribution in [-0.4, -0.2) is 31.3 Å². The highest BCUT2D eigenvalue weighted by atomic mass is 16.5. The summed E-state index contributed by atoms with van der Waals surface area (Å²) in [6.07, 6.45) is 1.61. The van der Waals surface area contributed by atoms with Gasteiger partial charge in [-0.15, -0.1) is 0 Å². The van der Waals surface area contributed by atoms with Gasteiger partial charge in [-0.2, -0.15) is 5.26 Å². The predicted octanol–water partition coefficient (Wildman–Crippen LogP) is 2.36. The molecule has 0 spiro atoms. The highest BCUT2D eigenvalue weighted by molar-refractivity contribution is 5.74. The van der Waals surface area contributed by atoms with E-state index in [1.165, 1.54) is 0 Å². The lowest BCUT2D eigenvalue weighted by Gasteiger charge is -2.29. The molecule has 5 heteroatoms. The van der Waals surface area contributed by atoms with E-state index in [-0.39, 0.29) is 0 Å². The summed E-state index contributed by atoms with van der Waals surface area (Å²) in [5, 5.41) is 9.53. The molecule has 0 amide bonds. The Kier molecular flexibility index (Phi) is 3.40. The first-order chi connectivity index (χ1) is 9.79. The number of aromatic nitrogens is 1. The Bertz CT molecular complexity index is 638. The van der Waals surface area contributed by atoms with E-state index in [0.717, 1.165) is 30.2 Å². The van der Waals surface area contributed by atoms with Crippen molar-refractivity contribution >= 4 is 5.82 Å². The van der Waals surface area contributed by atoms with Crippen LogP contribution in [0.15, 0.2) is 28.9 Å². The second kappa shape index (κ2) is 5.35. The maximum absolute atomic E-state index is 9.53. The number of anilines is 1. The Labute approximate surface area is 117 Å². The van der Waals surface area contributed by atoms with Crippen LogP contribution in [0, 0.1) is 18.3 Å². The molecular formula is C15H15N3O2. The summed E-state index contributed by atoms with van der Waals surface area (Å²) in [6.45, 7) is 4.76. The molecule has 0 saturated carbocycles. The third kappa shape index (κ3) is 2.26. The lowest BCUT2D eigenvalue weighted by atomic mass is 10.1. The first-order valence-corrected chi connectivity index (χ1v) is 6.58. The zero-order valence-corrected chi connectivity index (χ0v) is 11.3. The summed E-state index contributed by atoms with van der Waals surface area (Å²) in [5.41, 5.74) is 2.23. The number of nitriles is 1. The van der Waals surface area contributed by atoms with Gasteiger partial charge in [-0.05, 0) is 25.1 Å². The summed E-state index contributed by atoms with van der Waals surface area (Å²) < 4.78 is 10.8. The van der Waals surface area contributed by atoms with Crippen LogP contribution >= 0.6 is 0 Å². The van der Waals surface area contributed by atoms with Crippen molar-refractivity contribution in [1.29, 1.82) is 5.26 Å². The number of rotatable bonds is 2. The molecule has 2 aromatic heterocycles. The van der Waals surface area contributed by atoms with Crippen LogP contribution in [0.5, 0.6) is 0 Å². The summed E-state index contributed by atoms with van der Waals surface area (Å²) >= 11 is 0. The average molecular weight is 269 g/mol. The lowest BCUT2D eigenvalue weighted by Crippen LogP contribution is -2.37. The van der Waals surface area contributed by atoms with E-state index in [9.17, 15) is 5.26 Å². The molecule has 0 unspecified atom stereocenters. The average Bonchev–Trinajstić information content (AvgIpc) is 3.01. The zero-order chi connectivity index (χ0) is 13.9. The van der Waals surface area contributed by atoms with Gasteiger partial charge in [0.05, 0.1) is 19.5 Å². The third-order valence-corrected chi connectivity index (χ3v) is 3.34. The number of furan rings is 1. The van der Waals surface area contributed by atoms with Gasteiger partial charge in [-0.1, -0.05) is 0 Å². The van der Waals surface area contributed by atoms with Crippen molar-refractivity contribution in [2.75, 3.05) is 31.2 Å². The Morgan fingerprint density at radius 1 is 1.35 bits per heavy atom. The molecule has 20 heavy (non-hydrogen) atoms. The molecule has 3 rings (SSSR count). The molecule has 0 N–H and O–H groups in total. The molecule has 5 nitrogen and oxygen atoms in total. The van der Waals surface area contributed by atoms with E-state index in [2.05, 4.69) is 16.0 Å². The molecule has 102 valence electrons. The van der Waals surface area contributed by atoms with E-state index in [1.54, 1.807) is 6.26 Å². The lowest BCUT2D eigenvalue weighted by molar-refractivity contribution is 0.122. The maximum Gasteiger partial charge on any atom is 0.147 e. The predicted molar refractivity (Wildman–Crippen MR) is 74.4 cm³/mol. The van der Waals surface area contributed by atoms with Crippen LogP contribution in [0.3, 0.4) is 0 Å². The summed E-state index contributed by atoms with van der Waals surface area (Å²) in [7, 11) is 0. The minimum absolute atomic E-state index is 0.562. The van der Waals surface area contributed by atoms with Gasteiger partial charge >= 0.3 is 0 Å². The van der Waals surface area contributed by atoms with Crippen molar-refractivity contribution in [3.8, 4) is 17.4 Å². The summed E-state index contributed by atoms with van der Waals surface area (Å²) in [6, 6.07) is 7.84. The Balaban J connectivity index is 2.12. The van der Waals surface area contributed by atoms with Crippen molar-refractivity contribution in [2.45, 2.75) is 6.92 Å². The van der Waals surface area contributed by atoms with Gasteiger partial charge in [0.2, 0.25) is 0 Å². The molecule has 1 saturated heterocycles. The quantitative estimate of drug-likeness (QED) is 0.837. The topological polar surface area (TPSA) is 62.3 Å². The van der Waals surface area contributed by atoms with Crippen molar-refractivity contribution in [1.82, 2.24) is 4.98 Å². The smallest absolute Gasteiger partial charge is 0.147 e. The number of aryl methyl sites for hydroxylation is 1. The van der Waals surface area contributed by atoms with Crippen molar-refractivity contribution in [3.05, 3.63) is 35.7 Å². The summed E-state index contributed by atoms with van der Waals surface area (Å²) in [5.74, 6) is 1.42. The van der Waals surface area contributed by atoms with Crippen LogP contribution in [0.4, 0.5) is 5.82 Å². The fraction of sp³-hybridized carbons (Fsp3) is 0.333. The van der Waals surface area contributed by atoms with Gasteiger partial charge < -0.3 is 14.1 Å². The van der Waals surface area contributed by atoms with E-state index in [0.29, 0.717) is 24.5 Å². The minimum atomic E-state index is 0.562. The number of nitrogens with zero attached hydrogens (tertiary/aromatic N) is 3. The van der Waals surface area contributed by atoms with Gasteiger partial charge in [-0.25, -0.2) is 4.98 Å². The number of ether oxygens (including phenoxy) is 1. The second-order valence-corrected chi connectivity index (χ2v) is 4.70. The van der Waals surface area contributed by atoms with Gasteiger partial charge in [0.15, 0.2) is 0 Å². The van der Waals surface area contributed by atoms with Crippen LogP contribution in [-0.2, 0) is 4.74 Å². The number of morpholine rings is 1. The molecule has 3 heterocycles. The number of hydrogen-bond acceptors (Lipinski definition) is 5. The third-order valence-electron chi connectivity index (χ3n) is 3.34. The largest absolute Gasteiger partial charge is 0.464 e. The molecule has 0 bridgehead atoms. The monoisotopic (exact) mass is 269 g/mol. The molecule has 1 aliphatic heterocycles. The molecule has 0 radical (unpaired) electrons. The normalized spacial score (nSPS) is 15.1. The van der Waals surface area contributed by atoms with E-state index < -0.39 is 0 Å².